The lowest BCUT2D eigenvalue weighted by atomic mass is 9.86. The number of benzene rings is 1. The molecule has 0 bridgehead atoms. The first-order valence-electron chi connectivity index (χ1n) is 7.87. The Labute approximate surface area is 137 Å². The summed E-state index contributed by atoms with van der Waals surface area (Å²) in [5.41, 5.74) is 0.576. The van der Waals surface area contributed by atoms with Crippen molar-refractivity contribution in [3.8, 4) is 18.1 Å². The summed E-state index contributed by atoms with van der Waals surface area (Å²) in [6.45, 7) is 15.3. The van der Waals surface area contributed by atoms with E-state index in [1.807, 2.05) is 19.1 Å². The summed E-state index contributed by atoms with van der Waals surface area (Å²) in [4.78, 5) is 0. The van der Waals surface area contributed by atoms with Gasteiger partial charge in [0.25, 0.3) is 0 Å². The molecule has 0 radical (unpaired) electrons. The van der Waals surface area contributed by atoms with Crippen molar-refractivity contribution >= 4 is 8.32 Å². The second-order valence-electron chi connectivity index (χ2n) is 7.89. The summed E-state index contributed by atoms with van der Waals surface area (Å²) < 4.78 is 6.55. The van der Waals surface area contributed by atoms with Crippen LogP contribution in [-0.2, 0) is 10.8 Å². The van der Waals surface area contributed by atoms with Crippen LogP contribution in [0.2, 0.25) is 18.1 Å². The molecule has 0 spiro atoms. The highest BCUT2D eigenvalue weighted by Crippen LogP contribution is 2.41. The van der Waals surface area contributed by atoms with E-state index < -0.39 is 13.9 Å². The molecule has 0 aliphatic heterocycles. The first-order chi connectivity index (χ1) is 9.91. The SMILES string of the molecule is C#C[C@@](C)(O[Si](C)(C)C(C)(C)C)C(C)Cc1ccc(O)cc1. The maximum atomic E-state index is 9.39. The molecule has 1 rings (SSSR count). The van der Waals surface area contributed by atoms with Crippen LogP contribution in [0.5, 0.6) is 5.75 Å². The van der Waals surface area contributed by atoms with E-state index in [0.29, 0.717) is 0 Å². The predicted molar refractivity (Wildman–Crippen MR) is 96.5 cm³/mol. The Morgan fingerprint density at radius 2 is 1.68 bits per heavy atom. The minimum Gasteiger partial charge on any atom is -0.508 e. The zero-order valence-corrected chi connectivity index (χ0v) is 16.0. The molecule has 2 nitrogen and oxygen atoms in total. The molecule has 3 heteroatoms. The van der Waals surface area contributed by atoms with Crippen molar-refractivity contribution in [2.75, 3.05) is 0 Å². The van der Waals surface area contributed by atoms with Gasteiger partial charge in [0.1, 0.15) is 11.4 Å². The van der Waals surface area contributed by atoms with Crippen LogP contribution < -0.4 is 0 Å². The number of hydrogen-bond donors (Lipinski definition) is 1. The average molecular weight is 319 g/mol. The lowest BCUT2D eigenvalue weighted by Gasteiger charge is -2.44. The molecule has 1 unspecified atom stereocenters. The fraction of sp³-hybridized carbons (Fsp3) is 0.579. The number of phenolic OH excluding ortho intramolecular Hbond substituents is 1. The van der Waals surface area contributed by atoms with Crippen molar-refractivity contribution in [2.24, 2.45) is 5.92 Å². The second-order valence-corrected chi connectivity index (χ2v) is 12.6. The fourth-order valence-electron chi connectivity index (χ4n) is 2.14. The van der Waals surface area contributed by atoms with E-state index in [2.05, 4.69) is 46.7 Å². The predicted octanol–water partition coefficient (Wildman–Crippen LogP) is 4.98. The number of aromatic hydroxyl groups is 1. The number of rotatable bonds is 5. The third kappa shape index (κ3) is 4.38. The van der Waals surface area contributed by atoms with Crippen molar-refractivity contribution in [2.45, 2.75) is 64.8 Å². The number of phenols is 1. The summed E-state index contributed by atoms with van der Waals surface area (Å²) >= 11 is 0. The van der Waals surface area contributed by atoms with Gasteiger partial charge in [0.15, 0.2) is 8.32 Å². The number of terminal acetylenes is 1. The van der Waals surface area contributed by atoms with Crippen LogP contribution in [0.4, 0.5) is 0 Å². The van der Waals surface area contributed by atoms with E-state index in [1.54, 1.807) is 12.1 Å². The highest BCUT2D eigenvalue weighted by molar-refractivity contribution is 6.74. The zero-order chi connectivity index (χ0) is 17.2. The first-order valence-corrected chi connectivity index (χ1v) is 10.8. The van der Waals surface area contributed by atoms with Gasteiger partial charge in [-0.25, -0.2) is 0 Å². The minimum atomic E-state index is -1.93. The Kier molecular flexibility index (Phi) is 5.54. The molecular weight excluding hydrogens is 288 g/mol. The van der Waals surface area contributed by atoms with Gasteiger partial charge in [-0.1, -0.05) is 45.7 Å². The van der Waals surface area contributed by atoms with E-state index in [1.165, 1.54) is 0 Å². The van der Waals surface area contributed by atoms with Crippen LogP contribution in [0, 0.1) is 18.3 Å². The first kappa shape index (κ1) is 18.8. The van der Waals surface area contributed by atoms with Gasteiger partial charge in [-0.05, 0) is 55.1 Å². The normalized spacial score (nSPS) is 16.6. The third-order valence-corrected chi connectivity index (χ3v) is 9.53. The van der Waals surface area contributed by atoms with E-state index in [4.69, 9.17) is 10.8 Å². The summed E-state index contributed by atoms with van der Waals surface area (Å²) in [6.07, 6.45) is 6.67. The maximum absolute atomic E-state index is 9.39. The average Bonchev–Trinajstić information content (AvgIpc) is 2.39. The van der Waals surface area contributed by atoms with Gasteiger partial charge in [0, 0.05) is 0 Å². The zero-order valence-electron chi connectivity index (χ0n) is 15.0. The molecule has 0 aliphatic carbocycles. The van der Waals surface area contributed by atoms with Crippen molar-refractivity contribution in [3.05, 3.63) is 29.8 Å². The summed E-state index contributed by atoms with van der Waals surface area (Å²) in [6, 6.07) is 7.30. The van der Waals surface area contributed by atoms with Gasteiger partial charge >= 0.3 is 0 Å². The fourth-order valence-corrected chi connectivity index (χ4v) is 3.76. The lowest BCUT2D eigenvalue weighted by Crippen LogP contribution is -2.51. The Balaban J connectivity index is 2.93. The Hall–Kier alpha value is -1.24. The van der Waals surface area contributed by atoms with E-state index in [9.17, 15) is 5.11 Å². The Morgan fingerprint density at radius 3 is 2.09 bits per heavy atom. The van der Waals surface area contributed by atoms with E-state index in [-0.39, 0.29) is 16.7 Å². The van der Waals surface area contributed by atoms with Crippen LogP contribution >= 0.6 is 0 Å². The van der Waals surface area contributed by atoms with Crippen molar-refractivity contribution < 1.29 is 9.53 Å². The quantitative estimate of drug-likeness (QED) is 0.612. The molecule has 0 saturated carbocycles. The molecule has 1 N–H and O–H groups in total. The van der Waals surface area contributed by atoms with Crippen LogP contribution in [0.25, 0.3) is 0 Å². The van der Waals surface area contributed by atoms with Gasteiger partial charge < -0.3 is 9.53 Å². The molecule has 0 amide bonds. The minimum absolute atomic E-state index is 0.128. The van der Waals surface area contributed by atoms with Crippen molar-refractivity contribution in [3.63, 3.8) is 0 Å². The Bertz CT molecular complexity index is 534. The highest BCUT2D eigenvalue weighted by Gasteiger charge is 2.44. The van der Waals surface area contributed by atoms with Gasteiger partial charge in [0.2, 0.25) is 0 Å². The molecule has 0 fully saturated rings. The van der Waals surface area contributed by atoms with Crippen LogP contribution in [0.15, 0.2) is 24.3 Å². The molecule has 0 aromatic heterocycles. The summed E-state index contributed by atoms with van der Waals surface area (Å²) in [5.74, 6) is 3.38. The highest BCUT2D eigenvalue weighted by atomic mass is 28.4. The molecule has 0 aliphatic rings. The smallest absolute Gasteiger partial charge is 0.194 e. The maximum Gasteiger partial charge on any atom is 0.194 e. The largest absolute Gasteiger partial charge is 0.508 e. The molecule has 122 valence electrons. The molecule has 1 aromatic carbocycles. The third-order valence-electron chi connectivity index (χ3n) is 4.98. The van der Waals surface area contributed by atoms with E-state index >= 15 is 0 Å². The van der Waals surface area contributed by atoms with Crippen LogP contribution in [0.1, 0.15) is 40.2 Å². The van der Waals surface area contributed by atoms with Crippen molar-refractivity contribution in [1.29, 1.82) is 0 Å². The van der Waals surface area contributed by atoms with Gasteiger partial charge in [-0.2, -0.15) is 0 Å². The standard InChI is InChI=1S/C19H30O2Si/c1-9-19(6,21-22(7,8)18(3,4)5)15(2)14-16-10-12-17(20)13-11-16/h1,10-13,15,20H,14H2,2-8H3/t15?,19-/m1/s1. The van der Waals surface area contributed by atoms with Crippen LogP contribution in [-0.4, -0.2) is 19.0 Å². The molecule has 2 atom stereocenters. The van der Waals surface area contributed by atoms with Gasteiger partial charge in [0.05, 0.1) is 0 Å². The Morgan fingerprint density at radius 1 is 1.18 bits per heavy atom. The molecule has 0 heterocycles. The van der Waals surface area contributed by atoms with Gasteiger partial charge in [-0.3, -0.25) is 0 Å². The molecule has 0 saturated heterocycles. The topological polar surface area (TPSA) is 29.5 Å². The number of hydrogen-bond acceptors (Lipinski definition) is 2. The molecule has 1 aromatic rings. The van der Waals surface area contributed by atoms with E-state index in [0.717, 1.165) is 12.0 Å². The summed E-state index contributed by atoms with van der Waals surface area (Å²) in [5, 5.41) is 9.52. The summed E-state index contributed by atoms with van der Waals surface area (Å²) in [7, 11) is -1.93. The molecular formula is C19H30O2Si. The van der Waals surface area contributed by atoms with Gasteiger partial charge in [-0.15, -0.1) is 6.42 Å². The van der Waals surface area contributed by atoms with Crippen LogP contribution in [0.3, 0.4) is 0 Å². The molecule has 22 heavy (non-hydrogen) atoms. The monoisotopic (exact) mass is 318 g/mol. The second kappa shape index (κ2) is 6.48. The van der Waals surface area contributed by atoms with Crippen molar-refractivity contribution in [1.82, 2.24) is 0 Å². The lowest BCUT2D eigenvalue weighted by molar-refractivity contribution is 0.0754.